The number of rotatable bonds is 6. The molecule has 1 saturated heterocycles. The molecule has 0 radical (unpaired) electrons. The van der Waals surface area contributed by atoms with E-state index in [1.165, 1.54) is 0 Å². The number of carbonyl (C=O) groups excluding carboxylic acids is 2. The second-order valence-electron chi connectivity index (χ2n) is 5.24. The van der Waals surface area contributed by atoms with Crippen LogP contribution in [0.2, 0.25) is 0 Å². The molecule has 0 bridgehead atoms. The Morgan fingerprint density at radius 2 is 2.00 bits per heavy atom. The maximum absolute atomic E-state index is 11.8. The van der Waals surface area contributed by atoms with Crippen LogP contribution in [0, 0.1) is 5.92 Å². The van der Waals surface area contributed by atoms with Gasteiger partial charge in [0.2, 0.25) is 11.8 Å². The van der Waals surface area contributed by atoms with Crippen LogP contribution in [0.5, 0.6) is 0 Å². The molecule has 0 aromatic heterocycles. The Bertz CT molecular complexity index is 355. The molecule has 108 valence electrons. The largest absolute Gasteiger partial charge is 0.481 e. The van der Waals surface area contributed by atoms with Gasteiger partial charge in [-0.2, -0.15) is 0 Å². The lowest BCUT2D eigenvalue weighted by Gasteiger charge is -2.15. The summed E-state index contributed by atoms with van der Waals surface area (Å²) in [5.41, 5.74) is 0. The van der Waals surface area contributed by atoms with E-state index in [4.69, 9.17) is 5.11 Å². The Balaban J connectivity index is 2.22. The molecular formula is C13H22N2O4. The molecule has 1 rings (SSSR count). The van der Waals surface area contributed by atoms with Crippen molar-refractivity contribution in [3.8, 4) is 0 Å². The highest BCUT2D eigenvalue weighted by atomic mass is 16.4. The van der Waals surface area contributed by atoms with Crippen molar-refractivity contribution < 1.29 is 19.5 Å². The number of amides is 2. The highest BCUT2D eigenvalue weighted by molar-refractivity contribution is 5.80. The number of aliphatic carboxylic acids is 1. The number of carboxylic acids is 1. The predicted molar refractivity (Wildman–Crippen MR) is 69.5 cm³/mol. The van der Waals surface area contributed by atoms with Gasteiger partial charge in [0.15, 0.2) is 0 Å². The molecule has 6 nitrogen and oxygen atoms in total. The molecule has 1 fully saturated rings. The summed E-state index contributed by atoms with van der Waals surface area (Å²) < 4.78 is 0. The Hall–Kier alpha value is -1.59. The summed E-state index contributed by atoms with van der Waals surface area (Å²) >= 11 is 0. The first kappa shape index (κ1) is 15.5. The van der Waals surface area contributed by atoms with E-state index >= 15 is 0 Å². The number of nitrogens with one attached hydrogen (secondary N) is 1. The molecule has 6 heteroatoms. The highest BCUT2D eigenvalue weighted by Gasteiger charge is 2.30. The third-order valence-corrected chi connectivity index (χ3v) is 3.13. The molecule has 2 amide bonds. The van der Waals surface area contributed by atoms with Gasteiger partial charge in [-0.15, -0.1) is 0 Å². The number of likely N-dealkylation sites (tertiary alicyclic amines) is 1. The molecule has 1 aliphatic heterocycles. The predicted octanol–water partition coefficient (Wildman–Crippen LogP) is 0.614. The van der Waals surface area contributed by atoms with Crippen molar-refractivity contribution in [3.63, 3.8) is 0 Å². The van der Waals surface area contributed by atoms with Crippen LogP contribution >= 0.6 is 0 Å². The van der Waals surface area contributed by atoms with Crippen LogP contribution in [0.4, 0.5) is 0 Å². The molecule has 19 heavy (non-hydrogen) atoms. The van der Waals surface area contributed by atoms with Gasteiger partial charge >= 0.3 is 5.97 Å². The van der Waals surface area contributed by atoms with Crippen molar-refractivity contribution in [3.05, 3.63) is 0 Å². The summed E-state index contributed by atoms with van der Waals surface area (Å²) in [6, 6.07) is 0.109. The standard InChI is InChI=1S/C13H22N2O4/c1-9(2)14-11(16)4-3-5-12(17)15-7-6-10(8-15)13(18)19/h9-10H,3-8H2,1-2H3,(H,14,16)(H,18,19). The van der Waals surface area contributed by atoms with Crippen LogP contribution < -0.4 is 5.32 Å². The average Bonchev–Trinajstić information content (AvgIpc) is 2.76. The first-order chi connectivity index (χ1) is 8.90. The van der Waals surface area contributed by atoms with Gasteiger partial charge < -0.3 is 15.3 Å². The van der Waals surface area contributed by atoms with E-state index in [9.17, 15) is 14.4 Å². The first-order valence-electron chi connectivity index (χ1n) is 6.70. The van der Waals surface area contributed by atoms with Crippen molar-refractivity contribution in [2.75, 3.05) is 13.1 Å². The van der Waals surface area contributed by atoms with Crippen LogP contribution in [0.3, 0.4) is 0 Å². The number of nitrogens with zero attached hydrogens (tertiary/aromatic N) is 1. The second kappa shape index (κ2) is 7.11. The number of hydrogen-bond acceptors (Lipinski definition) is 3. The minimum atomic E-state index is -0.841. The molecule has 0 aliphatic carbocycles. The van der Waals surface area contributed by atoms with Crippen LogP contribution in [0.15, 0.2) is 0 Å². The zero-order valence-corrected chi connectivity index (χ0v) is 11.5. The third-order valence-electron chi connectivity index (χ3n) is 3.13. The quantitative estimate of drug-likeness (QED) is 0.740. The van der Waals surface area contributed by atoms with Crippen molar-refractivity contribution in [1.82, 2.24) is 10.2 Å². The lowest BCUT2D eigenvalue weighted by molar-refractivity contribution is -0.141. The van der Waals surface area contributed by atoms with Crippen molar-refractivity contribution >= 4 is 17.8 Å². The van der Waals surface area contributed by atoms with Crippen LogP contribution in [-0.4, -0.2) is 46.9 Å². The molecule has 1 aliphatic rings. The fraction of sp³-hybridized carbons (Fsp3) is 0.769. The van der Waals surface area contributed by atoms with E-state index in [0.717, 1.165) is 0 Å². The SMILES string of the molecule is CC(C)NC(=O)CCCC(=O)N1CCC(C(=O)O)C1. The lowest BCUT2D eigenvalue weighted by atomic mass is 10.1. The Kier molecular flexibility index (Phi) is 5.79. The fourth-order valence-electron chi connectivity index (χ4n) is 2.14. The second-order valence-corrected chi connectivity index (χ2v) is 5.24. The maximum Gasteiger partial charge on any atom is 0.308 e. The number of hydrogen-bond donors (Lipinski definition) is 2. The van der Waals surface area contributed by atoms with Gasteiger partial charge in [-0.25, -0.2) is 0 Å². The van der Waals surface area contributed by atoms with Crippen LogP contribution in [-0.2, 0) is 14.4 Å². The maximum atomic E-state index is 11.8. The third kappa shape index (κ3) is 5.28. The summed E-state index contributed by atoms with van der Waals surface area (Å²) in [6.07, 6.45) is 1.67. The molecule has 0 aromatic carbocycles. The summed E-state index contributed by atoms with van der Waals surface area (Å²) in [7, 11) is 0. The topological polar surface area (TPSA) is 86.7 Å². The fourth-order valence-corrected chi connectivity index (χ4v) is 2.14. The lowest BCUT2D eigenvalue weighted by Crippen LogP contribution is -2.31. The Morgan fingerprint density at radius 1 is 1.32 bits per heavy atom. The molecule has 1 heterocycles. The molecule has 1 atom stereocenters. The first-order valence-corrected chi connectivity index (χ1v) is 6.70. The zero-order chi connectivity index (χ0) is 14.4. The normalized spacial score (nSPS) is 18.7. The average molecular weight is 270 g/mol. The van der Waals surface area contributed by atoms with Crippen molar-refractivity contribution in [2.45, 2.75) is 45.6 Å². The highest BCUT2D eigenvalue weighted by Crippen LogP contribution is 2.17. The minimum Gasteiger partial charge on any atom is -0.481 e. The van der Waals surface area contributed by atoms with E-state index in [2.05, 4.69) is 5.32 Å². The van der Waals surface area contributed by atoms with Gasteiger partial charge in [-0.05, 0) is 26.7 Å². The van der Waals surface area contributed by atoms with Gasteiger partial charge in [-0.1, -0.05) is 0 Å². The molecule has 0 aromatic rings. The van der Waals surface area contributed by atoms with Gasteiger partial charge in [0.25, 0.3) is 0 Å². The van der Waals surface area contributed by atoms with Crippen molar-refractivity contribution in [2.24, 2.45) is 5.92 Å². The number of carbonyl (C=O) groups is 3. The summed E-state index contributed by atoms with van der Waals surface area (Å²) in [5, 5.41) is 11.6. The number of carboxylic acid groups (broad SMARTS) is 1. The van der Waals surface area contributed by atoms with Gasteiger partial charge in [0, 0.05) is 32.0 Å². The summed E-state index contributed by atoms with van der Waals surface area (Å²) in [4.78, 5) is 35.6. The van der Waals surface area contributed by atoms with Gasteiger partial charge in [0.1, 0.15) is 0 Å². The van der Waals surface area contributed by atoms with E-state index in [1.54, 1.807) is 4.90 Å². The van der Waals surface area contributed by atoms with E-state index in [-0.39, 0.29) is 17.9 Å². The smallest absolute Gasteiger partial charge is 0.308 e. The minimum absolute atomic E-state index is 0.0485. The molecular weight excluding hydrogens is 248 g/mol. The summed E-state index contributed by atoms with van der Waals surface area (Å²) in [5.74, 6) is -1.38. The molecule has 2 N–H and O–H groups in total. The molecule has 1 unspecified atom stereocenters. The molecule has 0 spiro atoms. The van der Waals surface area contributed by atoms with E-state index in [0.29, 0.717) is 38.8 Å². The van der Waals surface area contributed by atoms with Gasteiger partial charge in [0.05, 0.1) is 5.92 Å². The summed E-state index contributed by atoms with van der Waals surface area (Å²) in [6.45, 7) is 4.58. The van der Waals surface area contributed by atoms with E-state index < -0.39 is 11.9 Å². The Labute approximate surface area is 113 Å². The zero-order valence-electron chi connectivity index (χ0n) is 11.5. The van der Waals surface area contributed by atoms with E-state index in [1.807, 2.05) is 13.8 Å². The van der Waals surface area contributed by atoms with Crippen molar-refractivity contribution in [1.29, 1.82) is 0 Å². The molecule has 0 saturated carbocycles. The Morgan fingerprint density at radius 3 is 2.53 bits per heavy atom. The monoisotopic (exact) mass is 270 g/mol. The van der Waals surface area contributed by atoms with Crippen LogP contribution in [0.1, 0.15) is 39.5 Å². The van der Waals surface area contributed by atoms with Crippen LogP contribution in [0.25, 0.3) is 0 Å². The van der Waals surface area contributed by atoms with Gasteiger partial charge in [-0.3, -0.25) is 14.4 Å².